The molecular weight excluding hydrogens is 350 g/mol. The quantitative estimate of drug-likeness (QED) is 0.431. The highest BCUT2D eigenvalue weighted by Gasteiger charge is 2.39. The predicted molar refractivity (Wildman–Crippen MR) is 112 cm³/mol. The first-order valence-electron chi connectivity index (χ1n) is 10.8. The summed E-state index contributed by atoms with van der Waals surface area (Å²) in [4.78, 5) is 39.7. The van der Waals surface area contributed by atoms with Gasteiger partial charge < -0.3 is 4.90 Å². The van der Waals surface area contributed by atoms with E-state index in [1.807, 2.05) is 13.0 Å². The zero-order chi connectivity index (χ0) is 20.6. The molecule has 0 radical (unpaired) electrons. The predicted octanol–water partition coefficient (Wildman–Crippen LogP) is 4.75. The average molecular weight is 386 g/mol. The Morgan fingerprint density at radius 3 is 2.43 bits per heavy atom. The van der Waals surface area contributed by atoms with Gasteiger partial charge in [0.2, 0.25) is 5.78 Å². The molecule has 0 unspecified atom stereocenters. The van der Waals surface area contributed by atoms with Crippen molar-refractivity contribution in [1.82, 2.24) is 4.90 Å². The zero-order valence-corrected chi connectivity index (χ0v) is 17.7. The summed E-state index contributed by atoms with van der Waals surface area (Å²) in [5, 5.41) is 0. The number of likely N-dealkylation sites (tertiary alicyclic amines) is 1. The Hall–Kier alpha value is -1.97. The van der Waals surface area contributed by atoms with Crippen LogP contribution in [0.2, 0.25) is 0 Å². The molecule has 1 aliphatic heterocycles. The van der Waals surface area contributed by atoms with Crippen LogP contribution in [-0.4, -0.2) is 35.0 Å². The molecule has 1 saturated heterocycles. The zero-order valence-electron chi connectivity index (χ0n) is 17.7. The molecule has 1 atom stereocenters. The van der Waals surface area contributed by atoms with Crippen molar-refractivity contribution in [2.45, 2.75) is 84.6 Å². The van der Waals surface area contributed by atoms with E-state index in [-0.39, 0.29) is 11.6 Å². The van der Waals surface area contributed by atoms with Crippen LogP contribution in [0.5, 0.6) is 0 Å². The van der Waals surface area contributed by atoms with Gasteiger partial charge >= 0.3 is 0 Å². The molecule has 1 aliphatic rings. The molecule has 2 rings (SSSR count). The van der Waals surface area contributed by atoms with E-state index in [0.717, 1.165) is 38.5 Å². The number of rotatable bonds is 10. The van der Waals surface area contributed by atoms with Crippen molar-refractivity contribution < 1.29 is 14.4 Å². The lowest BCUT2D eigenvalue weighted by atomic mass is 9.83. The molecule has 1 aromatic rings. The van der Waals surface area contributed by atoms with Gasteiger partial charge in [0.1, 0.15) is 0 Å². The summed E-state index contributed by atoms with van der Waals surface area (Å²) in [6.07, 6.45) is 7.56. The van der Waals surface area contributed by atoms with E-state index in [1.165, 1.54) is 5.56 Å². The molecule has 0 aliphatic carbocycles. The number of amides is 1. The van der Waals surface area contributed by atoms with Gasteiger partial charge in [-0.15, -0.1) is 0 Å². The van der Waals surface area contributed by atoms with E-state index in [9.17, 15) is 14.4 Å². The number of unbranched alkanes of at least 4 members (excludes halogenated alkanes) is 2. The van der Waals surface area contributed by atoms with Gasteiger partial charge in [0.05, 0.1) is 6.04 Å². The molecule has 0 bridgehead atoms. The van der Waals surface area contributed by atoms with Crippen molar-refractivity contribution >= 4 is 17.5 Å². The number of carbonyl (C=O) groups excluding carboxylic acids is 3. The van der Waals surface area contributed by atoms with Crippen molar-refractivity contribution in [2.75, 3.05) is 6.54 Å². The summed E-state index contributed by atoms with van der Waals surface area (Å²) < 4.78 is 0. The highest BCUT2D eigenvalue weighted by molar-refractivity contribution is 6.38. The normalized spacial score (nSPS) is 17.4. The van der Waals surface area contributed by atoms with Crippen LogP contribution in [0.3, 0.4) is 0 Å². The second kappa shape index (κ2) is 10.5. The lowest BCUT2D eigenvalue weighted by Crippen LogP contribution is -2.52. The summed E-state index contributed by atoms with van der Waals surface area (Å²) in [7, 11) is 0. The van der Waals surface area contributed by atoms with Crippen molar-refractivity contribution in [3.63, 3.8) is 0 Å². The SMILES string of the molecule is CCC(C)(C)C(=O)C(=O)N1CCCC[C@H]1C(=O)CCCCCc1ccccc1. The largest absolute Gasteiger partial charge is 0.326 e. The maximum absolute atomic E-state index is 12.8. The van der Waals surface area contributed by atoms with Gasteiger partial charge in [-0.05, 0) is 50.5 Å². The molecule has 0 saturated carbocycles. The Bertz CT molecular complexity index is 666. The molecular formula is C24H35NO3. The Morgan fingerprint density at radius 1 is 1.04 bits per heavy atom. The number of nitrogens with zero attached hydrogens (tertiary/aromatic N) is 1. The number of hydrogen-bond acceptors (Lipinski definition) is 3. The fraction of sp³-hybridized carbons (Fsp3) is 0.625. The molecule has 0 aromatic heterocycles. The van der Waals surface area contributed by atoms with Gasteiger partial charge in [-0.3, -0.25) is 14.4 Å². The second-order valence-corrected chi connectivity index (χ2v) is 8.59. The van der Waals surface area contributed by atoms with Crippen LogP contribution in [0.4, 0.5) is 0 Å². The Labute approximate surface area is 169 Å². The summed E-state index contributed by atoms with van der Waals surface area (Å²) >= 11 is 0. The molecule has 1 heterocycles. The monoisotopic (exact) mass is 385 g/mol. The smallest absolute Gasteiger partial charge is 0.291 e. The third-order valence-corrected chi connectivity index (χ3v) is 6.06. The number of carbonyl (C=O) groups is 3. The number of Topliss-reactive ketones (excluding diaryl/α,β-unsaturated/α-hetero) is 2. The van der Waals surface area contributed by atoms with E-state index in [4.69, 9.17) is 0 Å². The fourth-order valence-electron chi connectivity index (χ4n) is 3.71. The van der Waals surface area contributed by atoms with Gasteiger partial charge in [0, 0.05) is 18.4 Å². The lowest BCUT2D eigenvalue weighted by Gasteiger charge is -2.36. The molecule has 1 amide bonds. The average Bonchev–Trinajstić information content (AvgIpc) is 2.73. The first kappa shape index (κ1) is 22.3. The van der Waals surface area contributed by atoms with Crippen LogP contribution in [0.15, 0.2) is 30.3 Å². The van der Waals surface area contributed by atoms with E-state index >= 15 is 0 Å². The minimum absolute atomic E-state index is 0.120. The Kier molecular flexibility index (Phi) is 8.40. The van der Waals surface area contributed by atoms with E-state index < -0.39 is 17.4 Å². The standard InChI is InChI=1S/C24H35NO3/c1-4-24(2,3)22(27)23(28)25-18-12-11-16-20(25)21(26)17-10-6-9-15-19-13-7-5-8-14-19/h5,7-8,13-14,20H,4,6,9-12,15-18H2,1-3H3/t20-/m0/s1. The summed E-state index contributed by atoms with van der Waals surface area (Å²) in [6, 6.07) is 9.97. The van der Waals surface area contributed by atoms with Crippen LogP contribution in [0.25, 0.3) is 0 Å². The first-order valence-corrected chi connectivity index (χ1v) is 10.8. The molecule has 4 heteroatoms. The summed E-state index contributed by atoms with van der Waals surface area (Å²) in [5.41, 5.74) is 0.662. The summed E-state index contributed by atoms with van der Waals surface area (Å²) in [5.74, 6) is -0.707. The van der Waals surface area contributed by atoms with Gasteiger partial charge in [0.25, 0.3) is 5.91 Å². The van der Waals surface area contributed by atoms with Crippen LogP contribution in [0, 0.1) is 5.41 Å². The number of piperidine rings is 1. The minimum atomic E-state index is -0.667. The third kappa shape index (κ3) is 6.02. The number of aryl methyl sites for hydroxylation is 1. The molecule has 1 aromatic carbocycles. The van der Waals surface area contributed by atoms with Crippen LogP contribution >= 0.6 is 0 Å². The van der Waals surface area contributed by atoms with Gasteiger partial charge in [-0.2, -0.15) is 0 Å². The van der Waals surface area contributed by atoms with E-state index in [0.29, 0.717) is 25.8 Å². The molecule has 154 valence electrons. The minimum Gasteiger partial charge on any atom is -0.326 e. The highest BCUT2D eigenvalue weighted by atomic mass is 16.2. The first-order chi connectivity index (χ1) is 13.4. The number of ketones is 2. The summed E-state index contributed by atoms with van der Waals surface area (Å²) in [6.45, 7) is 6.05. The third-order valence-electron chi connectivity index (χ3n) is 6.06. The molecule has 4 nitrogen and oxygen atoms in total. The van der Waals surface area contributed by atoms with Crippen molar-refractivity contribution in [3.8, 4) is 0 Å². The maximum atomic E-state index is 12.8. The Balaban J connectivity index is 1.84. The second-order valence-electron chi connectivity index (χ2n) is 8.59. The van der Waals surface area contributed by atoms with Crippen LogP contribution in [0.1, 0.15) is 77.7 Å². The molecule has 0 spiro atoms. The fourth-order valence-corrected chi connectivity index (χ4v) is 3.71. The van der Waals surface area contributed by atoms with Crippen molar-refractivity contribution in [2.24, 2.45) is 5.41 Å². The lowest BCUT2D eigenvalue weighted by molar-refractivity contribution is -0.153. The molecule has 1 fully saturated rings. The highest BCUT2D eigenvalue weighted by Crippen LogP contribution is 2.26. The van der Waals surface area contributed by atoms with E-state index in [1.54, 1.807) is 18.7 Å². The maximum Gasteiger partial charge on any atom is 0.291 e. The van der Waals surface area contributed by atoms with Gasteiger partial charge in [0.15, 0.2) is 5.78 Å². The number of benzene rings is 1. The number of hydrogen-bond donors (Lipinski definition) is 0. The van der Waals surface area contributed by atoms with Crippen molar-refractivity contribution in [3.05, 3.63) is 35.9 Å². The van der Waals surface area contributed by atoms with Crippen LogP contribution < -0.4 is 0 Å². The van der Waals surface area contributed by atoms with Crippen LogP contribution in [-0.2, 0) is 20.8 Å². The van der Waals surface area contributed by atoms with Gasteiger partial charge in [-0.25, -0.2) is 0 Å². The topological polar surface area (TPSA) is 54.5 Å². The molecule has 28 heavy (non-hydrogen) atoms. The molecule has 0 N–H and O–H groups in total. The Morgan fingerprint density at radius 2 is 1.75 bits per heavy atom. The van der Waals surface area contributed by atoms with E-state index in [2.05, 4.69) is 24.3 Å². The van der Waals surface area contributed by atoms with Crippen molar-refractivity contribution in [1.29, 1.82) is 0 Å². The van der Waals surface area contributed by atoms with Gasteiger partial charge in [-0.1, -0.05) is 57.5 Å².